The first kappa shape index (κ1) is 14.2. The molecular formula is C14H19NO3. The number of nitrogens with one attached hydrogen (secondary N) is 1. The fraction of sp³-hybridized carbons (Fsp3) is 0.429. The van der Waals surface area contributed by atoms with Crippen LogP contribution in [-0.4, -0.2) is 18.0 Å². The van der Waals surface area contributed by atoms with Crippen molar-refractivity contribution in [3.05, 3.63) is 30.3 Å². The second kappa shape index (κ2) is 7.48. The molecule has 0 heterocycles. The summed E-state index contributed by atoms with van der Waals surface area (Å²) in [6, 6.07) is 9.13. The Morgan fingerprint density at radius 3 is 2.50 bits per heavy atom. The Kier molecular flexibility index (Phi) is 5.91. The second-order valence-electron chi connectivity index (χ2n) is 4.10. The summed E-state index contributed by atoms with van der Waals surface area (Å²) in [5.41, 5.74) is 0.705. The van der Waals surface area contributed by atoms with Gasteiger partial charge in [0.25, 0.3) is 5.91 Å². The van der Waals surface area contributed by atoms with Crippen LogP contribution in [0.2, 0.25) is 0 Å². The molecule has 0 aromatic heterocycles. The molecule has 1 rings (SSSR count). The molecule has 4 heteroatoms. The number of esters is 1. The molecule has 1 aromatic carbocycles. The first-order chi connectivity index (χ1) is 8.63. The van der Waals surface area contributed by atoms with Crippen molar-refractivity contribution < 1.29 is 14.3 Å². The van der Waals surface area contributed by atoms with Gasteiger partial charge in [0.2, 0.25) is 0 Å². The molecular weight excluding hydrogens is 230 g/mol. The Morgan fingerprint density at radius 2 is 1.94 bits per heavy atom. The third kappa shape index (κ3) is 4.99. The third-order valence-electron chi connectivity index (χ3n) is 2.46. The van der Waals surface area contributed by atoms with Gasteiger partial charge < -0.3 is 10.1 Å². The highest BCUT2D eigenvalue weighted by Gasteiger charge is 2.20. The van der Waals surface area contributed by atoms with Crippen molar-refractivity contribution in [2.75, 3.05) is 5.32 Å². The molecule has 0 saturated carbocycles. The van der Waals surface area contributed by atoms with Crippen molar-refractivity contribution in [1.29, 1.82) is 0 Å². The molecule has 1 atom stereocenters. The Hall–Kier alpha value is -1.84. The molecule has 1 aromatic rings. The van der Waals surface area contributed by atoms with Crippen LogP contribution >= 0.6 is 0 Å². The first-order valence-electron chi connectivity index (χ1n) is 6.16. The standard InChI is InChI=1S/C14H19NO3/c1-3-4-10-13(18-11(2)16)14(17)15-12-8-6-5-7-9-12/h5-9,13H,3-4,10H2,1-2H3,(H,15,17). The average molecular weight is 249 g/mol. The number of hydrogen-bond donors (Lipinski definition) is 1. The van der Waals surface area contributed by atoms with Gasteiger partial charge >= 0.3 is 5.97 Å². The van der Waals surface area contributed by atoms with Gasteiger partial charge in [-0.15, -0.1) is 0 Å². The molecule has 1 unspecified atom stereocenters. The summed E-state index contributed by atoms with van der Waals surface area (Å²) in [5, 5.41) is 2.74. The van der Waals surface area contributed by atoms with Crippen molar-refractivity contribution >= 4 is 17.6 Å². The number of carbonyl (C=O) groups is 2. The molecule has 1 amide bonds. The fourth-order valence-corrected chi connectivity index (χ4v) is 1.58. The number of amides is 1. The Labute approximate surface area is 107 Å². The SMILES string of the molecule is CCCCC(OC(C)=O)C(=O)Nc1ccccc1. The summed E-state index contributed by atoms with van der Waals surface area (Å²) in [4.78, 5) is 22.9. The lowest BCUT2D eigenvalue weighted by atomic mass is 10.1. The van der Waals surface area contributed by atoms with Crippen molar-refractivity contribution in [3.8, 4) is 0 Å². The number of unbranched alkanes of at least 4 members (excludes halogenated alkanes) is 1. The van der Waals surface area contributed by atoms with Crippen LogP contribution in [0.3, 0.4) is 0 Å². The van der Waals surface area contributed by atoms with E-state index in [1.54, 1.807) is 12.1 Å². The van der Waals surface area contributed by atoms with Crippen LogP contribution in [0.5, 0.6) is 0 Å². The van der Waals surface area contributed by atoms with Gasteiger partial charge in [0, 0.05) is 12.6 Å². The van der Waals surface area contributed by atoms with E-state index in [2.05, 4.69) is 5.32 Å². The quantitative estimate of drug-likeness (QED) is 0.789. The number of benzene rings is 1. The van der Waals surface area contributed by atoms with E-state index < -0.39 is 12.1 Å². The van der Waals surface area contributed by atoms with E-state index in [4.69, 9.17) is 4.74 Å². The van der Waals surface area contributed by atoms with Gasteiger partial charge in [-0.1, -0.05) is 31.5 Å². The maximum Gasteiger partial charge on any atom is 0.303 e. The van der Waals surface area contributed by atoms with Crippen molar-refractivity contribution in [3.63, 3.8) is 0 Å². The van der Waals surface area contributed by atoms with Gasteiger partial charge in [-0.3, -0.25) is 9.59 Å². The molecule has 0 aliphatic carbocycles. The molecule has 18 heavy (non-hydrogen) atoms. The number of anilines is 1. The summed E-state index contributed by atoms with van der Waals surface area (Å²) in [6.45, 7) is 3.34. The highest BCUT2D eigenvalue weighted by molar-refractivity contribution is 5.95. The second-order valence-corrected chi connectivity index (χ2v) is 4.10. The zero-order valence-electron chi connectivity index (χ0n) is 10.8. The zero-order valence-corrected chi connectivity index (χ0v) is 10.8. The van der Waals surface area contributed by atoms with E-state index in [9.17, 15) is 9.59 Å². The Morgan fingerprint density at radius 1 is 1.28 bits per heavy atom. The lowest BCUT2D eigenvalue weighted by Crippen LogP contribution is -2.31. The lowest BCUT2D eigenvalue weighted by molar-refractivity contribution is -0.152. The number of carbonyl (C=O) groups excluding carboxylic acids is 2. The molecule has 0 saturated heterocycles. The van der Waals surface area contributed by atoms with E-state index in [1.807, 2.05) is 25.1 Å². The average Bonchev–Trinajstić information content (AvgIpc) is 2.35. The summed E-state index contributed by atoms with van der Waals surface area (Å²) >= 11 is 0. The van der Waals surface area contributed by atoms with Crippen LogP contribution in [0.15, 0.2) is 30.3 Å². The van der Waals surface area contributed by atoms with E-state index >= 15 is 0 Å². The molecule has 0 aliphatic rings. The van der Waals surface area contributed by atoms with E-state index in [-0.39, 0.29) is 5.91 Å². The van der Waals surface area contributed by atoms with Crippen LogP contribution < -0.4 is 5.32 Å². The van der Waals surface area contributed by atoms with Gasteiger partial charge in [0.05, 0.1) is 0 Å². The van der Waals surface area contributed by atoms with Crippen LogP contribution in [0.25, 0.3) is 0 Å². The number of ether oxygens (including phenoxy) is 1. The first-order valence-corrected chi connectivity index (χ1v) is 6.16. The highest BCUT2D eigenvalue weighted by atomic mass is 16.5. The van der Waals surface area contributed by atoms with Crippen molar-refractivity contribution in [2.45, 2.75) is 39.2 Å². The summed E-state index contributed by atoms with van der Waals surface area (Å²) < 4.78 is 5.04. The zero-order chi connectivity index (χ0) is 13.4. The van der Waals surface area contributed by atoms with Crippen molar-refractivity contribution in [1.82, 2.24) is 0 Å². The fourth-order valence-electron chi connectivity index (χ4n) is 1.58. The van der Waals surface area contributed by atoms with Crippen LogP contribution in [0, 0.1) is 0 Å². The summed E-state index contributed by atoms with van der Waals surface area (Å²) in [6.07, 6.45) is 1.65. The van der Waals surface area contributed by atoms with Crippen LogP contribution in [0.4, 0.5) is 5.69 Å². The summed E-state index contributed by atoms with van der Waals surface area (Å²) in [7, 11) is 0. The predicted octanol–water partition coefficient (Wildman–Crippen LogP) is 2.75. The van der Waals surface area contributed by atoms with Gasteiger partial charge in [0.1, 0.15) is 0 Å². The minimum Gasteiger partial charge on any atom is -0.452 e. The normalized spacial score (nSPS) is 11.7. The van der Waals surface area contributed by atoms with Crippen molar-refractivity contribution in [2.24, 2.45) is 0 Å². The number of rotatable bonds is 6. The lowest BCUT2D eigenvalue weighted by Gasteiger charge is -2.16. The van der Waals surface area contributed by atoms with Crippen LogP contribution in [0.1, 0.15) is 33.1 Å². The third-order valence-corrected chi connectivity index (χ3v) is 2.46. The highest BCUT2D eigenvalue weighted by Crippen LogP contribution is 2.10. The molecule has 0 aliphatic heterocycles. The molecule has 0 spiro atoms. The monoisotopic (exact) mass is 249 g/mol. The largest absolute Gasteiger partial charge is 0.452 e. The Balaban J connectivity index is 2.60. The molecule has 0 radical (unpaired) electrons. The topological polar surface area (TPSA) is 55.4 Å². The van der Waals surface area contributed by atoms with Crippen LogP contribution in [-0.2, 0) is 14.3 Å². The van der Waals surface area contributed by atoms with Gasteiger partial charge in [-0.25, -0.2) is 0 Å². The predicted molar refractivity (Wildman–Crippen MR) is 70.2 cm³/mol. The van der Waals surface area contributed by atoms with E-state index in [0.717, 1.165) is 12.8 Å². The van der Waals surface area contributed by atoms with E-state index in [0.29, 0.717) is 12.1 Å². The minimum atomic E-state index is -0.706. The van der Waals surface area contributed by atoms with E-state index in [1.165, 1.54) is 6.92 Å². The molecule has 1 N–H and O–H groups in total. The van der Waals surface area contributed by atoms with Gasteiger partial charge in [0.15, 0.2) is 6.10 Å². The molecule has 4 nitrogen and oxygen atoms in total. The number of hydrogen-bond acceptors (Lipinski definition) is 3. The maximum absolute atomic E-state index is 12.0. The smallest absolute Gasteiger partial charge is 0.303 e. The molecule has 0 bridgehead atoms. The van der Waals surface area contributed by atoms with Gasteiger partial charge in [-0.2, -0.15) is 0 Å². The Bertz CT molecular complexity index is 389. The summed E-state index contributed by atoms with van der Waals surface area (Å²) in [5.74, 6) is -0.704. The molecule has 98 valence electrons. The maximum atomic E-state index is 12.0. The van der Waals surface area contributed by atoms with Gasteiger partial charge in [-0.05, 0) is 25.0 Å². The number of para-hydroxylation sites is 1. The molecule has 0 fully saturated rings. The minimum absolute atomic E-state index is 0.273.